The quantitative estimate of drug-likeness (QED) is 0.726. The van der Waals surface area contributed by atoms with E-state index in [4.69, 9.17) is 4.52 Å². The highest BCUT2D eigenvalue weighted by Gasteiger charge is 2.17. The second-order valence-corrected chi connectivity index (χ2v) is 6.67. The Morgan fingerprint density at radius 1 is 1.26 bits per heavy atom. The summed E-state index contributed by atoms with van der Waals surface area (Å²) in [7, 11) is 0. The number of hydrogen-bond acceptors (Lipinski definition) is 5. The van der Waals surface area contributed by atoms with Gasteiger partial charge in [-0.2, -0.15) is 5.10 Å². The molecule has 7 nitrogen and oxygen atoms in total. The van der Waals surface area contributed by atoms with E-state index < -0.39 is 0 Å². The first-order chi connectivity index (χ1) is 13.2. The molecule has 1 N–H and O–H groups in total. The average molecular weight is 365 g/mol. The number of rotatable bonds is 6. The number of carbonyl (C=O) groups excluding carboxylic acids is 1. The van der Waals surface area contributed by atoms with Crippen molar-refractivity contribution >= 4 is 11.6 Å². The minimum atomic E-state index is -0.246. The van der Waals surface area contributed by atoms with Crippen LogP contribution in [0.1, 0.15) is 35.8 Å². The molecular weight excluding hydrogens is 342 g/mol. The lowest BCUT2D eigenvalue weighted by Crippen LogP contribution is -2.25. The van der Waals surface area contributed by atoms with Gasteiger partial charge in [0.25, 0.3) is 5.91 Å². The van der Waals surface area contributed by atoms with Gasteiger partial charge < -0.3 is 14.7 Å². The zero-order valence-electron chi connectivity index (χ0n) is 15.4. The van der Waals surface area contributed by atoms with E-state index in [-0.39, 0.29) is 11.6 Å². The van der Waals surface area contributed by atoms with Gasteiger partial charge in [0.2, 0.25) is 0 Å². The Labute approximate surface area is 158 Å². The van der Waals surface area contributed by atoms with Crippen LogP contribution in [0.5, 0.6) is 0 Å². The number of anilines is 1. The fourth-order valence-corrected chi connectivity index (χ4v) is 3.37. The van der Waals surface area contributed by atoms with E-state index in [1.807, 2.05) is 25.3 Å². The van der Waals surface area contributed by atoms with Crippen LogP contribution in [0.15, 0.2) is 47.2 Å². The SMILES string of the molecule is CCn1cc(-c2cc(C(=O)NCc3ccccc3N3CCCC3)no2)cn1. The van der Waals surface area contributed by atoms with Crippen LogP contribution in [0.3, 0.4) is 0 Å². The number of nitrogens with zero attached hydrogens (tertiary/aromatic N) is 4. The largest absolute Gasteiger partial charge is 0.371 e. The van der Waals surface area contributed by atoms with Crippen molar-refractivity contribution in [2.75, 3.05) is 18.0 Å². The van der Waals surface area contributed by atoms with Crippen LogP contribution in [0.4, 0.5) is 5.69 Å². The normalized spacial score (nSPS) is 13.9. The molecule has 4 rings (SSSR count). The van der Waals surface area contributed by atoms with E-state index in [0.29, 0.717) is 12.3 Å². The predicted octanol–water partition coefficient (Wildman–Crippen LogP) is 3.09. The van der Waals surface area contributed by atoms with E-state index in [1.165, 1.54) is 18.5 Å². The van der Waals surface area contributed by atoms with Crippen LogP contribution in [-0.2, 0) is 13.1 Å². The van der Waals surface area contributed by atoms with Crippen molar-refractivity contribution in [1.82, 2.24) is 20.3 Å². The lowest BCUT2D eigenvalue weighted by Gasteiger charge is -2.21. The second kappa shape index (κ2) is 7.65. The maximum atomic E-state index is 12.5. The van der Waals surface area contributed by atoms with Crippen molar-refractivity contribution in [2.45, 2.75) is 32.9 Å². The molecule has 3 heterocycles. The summed E-state index contributed by atoms with van der Waals surface area (Å²) in [6, 6.07) is 9.87. The summed E-state index contributed by atoms with van der Waals surface area (Å²) >= 11 is 0. The summed E-state index contributed by atoms with van der Waals surface area (Å²) < 4.78 is 7.11. The van der Waals surface area contributed by atoms with Crippen LogP contribution in [0, 0.1) is 0 Å². The molecule has 0 spiro atoms. The molecule has 1 fully saturated rings. The van der Waals surface area contributed by atoms with E-state index in [2.05, 4.69) is 32.6 Å². The van der Waals surface area contributed by atoms with Gasteiger partial charge in [-0.05, 0) is 31.4 Å². The minimum Gasteiger partial charge on any atom is -0.371 e. The standard InChI is InChI=1S/C20H23N5O2/c1-2-25-14-16(13-22-25)19-11-17(23-27-19)20(26)21-12-15-7-3-4-8-18(15)24-9-5-6-10-24/h3-4,7-8,11,13-14H,2,5-6,9-10,12H2,1H3,(H,21,26). The molecule has 0 bridgehead atoms. The molecule has 140 valence electrons. The number of carbonyl (C=O) groups is 1. The number of aromatic nitrogens is 3. The molecular formula is C20H23N5O2. The number of aryl methyl sites for hydroxylation is 1. The third kappa shape index (κ3) is 3.72. The van der Waals surface area contributed by atoms with Gasteiger partial charge in [-0.25, -0.2) is 0 Å². The molecule has 1 saturated heterocycles. The molecule has 0 unspecified atom stereocenters. The van der Waals surface area contributed by atoms with Gasteiger partial charge in [0.15, 0.2) is 11.5 Å². The molecule has 2 aromatic heterocycles. The molecule has 0 aliphatic carbocycles. The van der Waals surface area contributed by atoms with Gasteiger partial charge in [-0.1, -0.05) is 23.4 Å². The third-order valence-corrected chi connectivity index (χ3v) is 4.86. The van der Waals surface area contributed by atoms with Crippen LogP contribution in [-0.4, -0.2) is 33.9 Å². The topological polar surface area (TPSA) is 76.2 Å². The highest BCUT2D eigenvalue weighted by atomic mass is 16.5. The minimum absolute atomic E-state index is 0.246. The Bertz CT molecular complexity index is 924. The van der Waals surface area contributed by atoms with Gasteiger partial charge in [-0.3, -0.25) is 9.48 Å². The Kier molecular flexibility index (Phi) is 4.91. The fourth-order valence-electron chi connectivity index (χ4n) is 3.37. The Hall–Kier alpha value is -3.09. The first-order valence-corrected chi connectivity index (χ1v) is 9.35. The Morgan fingerprint density at radius 2 is 2.07 bits per heavy atom. The van der Waals surface area contributed by atoms with E-state index >= 15 is 0 Å². The highest BCUT2D eigenvalue weighted by Crippen LogP contribution is 2.24. The molecule has 0 atom stereocenters. The van der Waals surface area contributed by atoms with Crippen molar-refractivity contribution in [2.24, 2.45) is 0 Å². The molecule has 1 aliphatic rings. The molecule has 1 aromatic carbocycles. The molecule has 0 saturated carbocycles. The molecule has 3 aromatic rings. The zero-order valence-corrected chi connectivity index (χ0v) is 15.4. The van der Waals surface area contributed by atoms with Crippen LogP contribution < -0.4 is 10.2 Å². The van der Waals surface area contributed by atoms with E-state index in [1.54, 1.807) is 16.9 Å². The van der Waals surface area contributed by atoms with Gasteiger partial charge in [0.1, 0.15) is 0 Å². The second-order valence-electron chi connectivity index (χ2n) is 6.67. The summed E-state index contributed by atoms with van der Waals surface area (Å²) in [4.78, 5) is 14.9. The summed E-state index contributed by atoms with van der Waals surface area (Å²) in [5.74, 6) is 0.293. The summed E-state index contributed by atoms with van der Waals surface area (Å²) in [5, 5.41) is 11.1. The lowest BCUT2D eigenvalue weighted by molar-refractivity contribution is 0.0942. The third-order valence-electron chi connectivity index (χ3n) is 4.86. The number of hydrogen-bond donors (Lipinski definition) is 1. The van der Waals surface area contributed by atoms with Gasteiger partial charge in [0.05, 0.1) is 11.8 Å². The van der Waals surface area contributed by atoms with Crippen LogP contribution in [0.25, 0.3) is 11.3 Å². The summed E-state index contributed by atoms with van der Waals surface area (Å²) in [6.07, 6.45) is 6.01. The first kappa shape index (κ1) is 17.3. The molecule has 1 aliphatic heterocycles. The maximum absolute atomic E-state index is 12.5. The van der Waals surface area contributed by atoms with Crippen molar-refractivity contribution in [1.29, 1.82) is 0 Å². The van der Waals surface area contributed by atoms with Crippen LogP contribution in [0.2, 0.25) is 0 Å². The lowest BCUT2D eigenvalue weighted by atomic mass is 10.1. The number of benzene rings is 1. The molecule has 7 heteroatoms. The van der Waals surface area contributed by atoms with E-state index in [9.17, 15) is 4.79 Å². The van der Waals surface area contributed by atoms with Gasteiger partial charge in [-0.15, -0.1) is 0 Å². The molecule has 0 radical (unpaired) electrons. The number of amides is 1. The molecule has 1 amide bonds. The zero-order chi connectivity index (χ0) is 18.6. The first-order valence-electron chi connectivity index (χ1n) is 9.35. The van der Waals surface area contributed by atoms with Crippen molar-refractivity contribution in [3.05, 3.63) is 54.0 Å². The number of nitrogens with one attached hydrogen (secondary N) is 1. The molecule has 27 heavy (non-hydrogen) atoms. The Morgan fingerprint density at radius 3 is 2.85 bits per heavy atom. The van der Waals surface area contributed by atoms with E-state index in [0.717, 1.165) is 30.8 Å². The Balaban J connectivity index is 1.43. The smallest absolute Gasteiger partial charge is 0.273 e. The predicted molar refractivity (Wildman–Crippen MR) is 102 cm³/mol. The fraction of sp³-hybridized carbons (Fsp3) is 0.350. The van der Waals surface area contributed by atoms with Crippen molar-refractivity contribution < 1.29 is 9.32 Å². The summed E-state index contributed by atoms with van der Waals surface area (Å²) in [6.45, 7) is 5.39. The van der Waals surface area contributed by atoms with Crippen molar-refractivity contribution in [3.63, 3.8) is 0 Å². The van der Waals surface area contributed by atoms with Gasteiger partial charge >= 0.3 is 0 Å². The maximum Gasteiger partial charge on any atom is 0.273 e. The monoisotopic (exact) mass is 365 g/mol. The van der Waals surface area contributed by atoms with Gasteiger partial charge in [0, 0.05) is 44.1 Å². The summed E-state index contributed by atoms with van der Waals surface area (Å²) in [5.41, 5.74) is 3.39. The highest BCUT2D eigenvalue weighted by molar-refractivity contribution is 5.93. The number of para-hydroxylation sites is 1. The van der Waals surface area contributed by atoms with Crippen molar-refractivity contribution in [3.8, 4) is 11.3 Å². The van der Waals surface area contributed by atoms with Crippen LogP contribution >= 0.6 is 0 Å². The average Bonchev–Trinajstić information content (AvgIpc) is 3.47.